The lowest BCUT2D eigenvalue weighted by molar-refractivity contribution is -0.115. The molecular formula is C20H14ClN5OS. The molecule has 28 heavy (non-hydrogen) atoms. The number of aromatic nitrogens is 4. The highest BCUT2D eigenvalue weighted by Crippen LogP contribution is 2.25. The number of thiazole rings is 1. The number of carbonyl (C=O) groups is 1. The van der Waals surface area contributed by atoms with E-state index in [2.05, 4.69) is 20.5 Å². The second kappa shape index (κ2) is 6.78. The molecule has 0 aliphatic heterocycles. The number of benzene rings is 2. The maximum atomic E-state index is 12.5. The monoisotopic (exact) mass is 407 g/mol. The van der Waals surface area contributed by atoms with Gasteiger partial charge in [-0.15, -0.1) is 11.3 Å². The highest BCUT2D eigenvalue weighted by molar-refractivity contribution is 7.15. The summed E-state index contributed by atoms with van der Waals surface area (Å²) in [4.78, 5) is 18.0. The van der Waals surface area contributed by atoms with E-state index in [1.807, 2.05) is 58.4 Å². The van der Waals surface area contributed by atoms with E-state index in [1.165, 1.54) is 11.3 Å². The van der Waals surface area contributed by atoms with Crippen molar-refractivity contribution in [1.82, 2.24) is 19.6 Å². The Balaban J connectivity index is 1.36. The number of nitrogens with zero attached hydrogens (tertiary/aromatic N) is 3. The zero-order chi connectivity index (χ0) is 19.1. The SMILES string of the molecule is O=C(Cc1csc2nc(-c3ccc(Cl)cc3)cn12)Nc1ccc2cn[nH]c2c1. The first-order valence-electron chi connectivity index (χ1n) is 8.60. The number of amides is 1. The molecule has 2 aromatic carbocycles. The number of imidazole rings is 1. The lowest BCUT2D eigenvalue weighted by Crippen LogP contribution is -2.15. The Labute approximate surface area is 168 Å². The van der Waals surface area contributed by atoms with Gasteiger partial charge in [-0.3, -0.25) is 14.3 Å². The quantitative estimate of drug-likeness (QED) is 0.450. The van der Waals surface area contributed by atoms with Crippen molar-refractivity contribution in [3.05, 3.63) is 71.0 Å². The van der Waals surface area contributed by atoms with Crippen molar-refractivity contribution in [1.29, 1.82) is 0 Å². The molecule has 0 unspecified atom stereocenters. The van der Waals surface area contributed by atoms with E-state index in [4.69, 9.17) is 11.6 Å². The zero-order valence-corrected chi connectivity index (χ0v) is 16.1. The van der Waals surface area contributed by atoms with Crippen LogP contribution in [0.1, 0.15) is 5.69 Å². The Morgan fingerprint density at radius 2 is 2.07 bits per heavy atom. The zero-order valence-electron chi connectivity index (χ0n) is 14.5. The third kappa shape index (κ3) is 3.15. The Bertz CT molecular complexity index is 1300. The van der Waals surface area contributed by atoms with Gasteiger partial charge in [-0.1, -0.05) is 23.7 Å². The van der Waals surface area contributed by atoms with Crippen LogP contribution in [0.5, 0.6) is 0 Å². The molecule has 3 heterocycles. The van der Waals surface area contributed by atoms with Gasteiger partial charge in [-0.2, -0.15) is 5.10 Å². The van der Waals surface area contributed by atoms with E-state index in [9.17, 15) is 4.79 Å². The molecule has 0 fully saturated rings. The number of rotatable bonds is 4. The highest BCUT2D eigenvalue weighted by atomic mass is 35.5. The predicted molar refractivity (Wildman–Crippen MR) is 112 cm³/mol. The van der Waals surface area contributed by atoms with Crippen molar-refractivity contribution in [2.45, 2.75) is 6.42 Å². The summed E-state index contributed by atoms with van der Waals surface area (Å²) in [5, 5.41) is 13.5. The molecular weight excluding hydrogens is 394 g/mol. The van der Waals surface area contributed by atoms with Gasteiger partial charge in [0, 0.05) is 38.9 Å². The number of nitrogens with one attached hydrogen (secondary N) is 2. The summed E-state index contributed by atoms with van der Waals surface area (Å²) in [5.41, 5.74) is 4.37. The molecule has 0 saturated heterocycles. The van der Waals surface area contributed by atoms with E-state index in [1.54, 1.807) is 6.20 Å². The second-order valence-electron chi connectivity index (χ2n) is 6.41. The van der Waals surface area contributed by atoms with Gasteiger partial charge in [0.25, 0.3) is 0 Å². The van der Waals surface area contributed by atoms with Gasteiger partial charge in [-0.25, -0.2) is 4.98 Å². The summed E-state index contributed by atoms with van der Waals surface area (Å²) in [6, 6.07) is 13.2. The van der Waals surface area contributed by atoms with Crippen molar-refractivity contribution >= 4 is 50.4 Å². The number of aromatic amines is 1. The van der Waals surface area contributed by atoms with Crippen LogP contribution in [0.25, 0.3) is 27.1 Å². The molecule has 3 aromatic heterocycles. The van der Waals surface area contributed by atoms with Crippen LogP contribution in [-0.4, -0.2) is 25.5 Å². The molecule has 8 heteroatoms. The van der Waals surface area contributed by atoms with Gasteiger partial charge in [0.1, 0.15) is 0 Å². The van der Waals surface area contributed by atoms with E-state index in [0.29, 0.717) is 5.02 Å². The first-order chi connectivity index (χ1) is 13.7. The molecule has 0 aliphatic carbocycles. The Morgan fingerprint density at radius 1 is 1.21 bits per heavy atom. The maximum Gasteiger partial charge on any atom is 0.230 e. The Hall–Kier alpha value is -3.16. The molecule has 0 radical (unpaired) electrons. The summed E-state index contributed by atoms with van der Waals surface area (Å²) < 4.78 is 1.96. The highest BCUT2D eigenvalue weighted by Gasteiger charge is 2.13. The minimum absolute atomic E-state index is 0.0830. The van der Waals surface area contributed by atoms with Gasteiger partial charge in [0.15, 0.2) is 4.96 Å². The maximum absolute atomic E-state index is 12.5. The summed E-state index contributed by atoms with van der Waals surface area (Å²) in [6.45, 7) is 0. The van der Waals surface area contributed by atoms with Crippen molar-refractivity contribution in [3.63, 3.8) is 0 Å². The molecule has 0 bridgehead atoms. The van der Waals surface area contributed by atoms with Gasteiger partial charge in [-0.05, 0) is 30.3 Å². The van der Waals surface area contributed by atoms with E-state index >= 15 is 0 Å². The minimum atomic E-state index is -0.0830. The fourth-order valence-electron chi connectivity index (χ4n) is 3.10. The van der Waals surface area contributed by atoms with Crippen LogP contribution < -0.4 is 5.32 Å². The summed E-state index contributed by atoms with van der Waals surface area (Å²) in [7, 11) is 0. The van der Waals surface area contributed by atoms with Crippen LogP contribution in [0.15, 0.2) is 60.2 Å². The van der Waals surface area contributed by atoms with Crippen LogP contribution in [0.2, 0.25) is 5.02 Å². The number of H-pyrrole nitrogens is 1. The summed E-state index contributed by atoms with van der Waals surface area (Å²) in [5.74, 6) is -0.0830. The average Bonchev–Trinajstić information content (AvgIpc) is 3.39. The smallest absolute Gasteiger partial charge is 0.230 e. The van der Waals surface area contributed by atoms with Gasteiger partial charge in [0.05, 0.1) is 23.8 Å². The molecule has 0 spiro atoms. The molecule has 6 nitrogen and oxygen atoms in total. The Kier molecular flexibility index (Phi) is 4.11. The third-order valence-corrected chi connectivity index (χ3v) is 5.63. The van der Waals surface area contributed by atoms with Gasteiger partial charge >= 0.3 is 0 Å². The summed E-state index contributed by atoms with van der Waals surface area (Å²) in [6.07, 6.45) is 3.96. The first-order valence-corrected chi connectivity index (χ1v) is 9.86. The van der Waals surface area contributed by atoms with Crippen LogP contribution in [0.3, 0.4) is 0 Å². The largest absolute Gasteiger partial charge is 0.326 e. The lowest BCUT2D eigenvalue weighted by atomic mass is 10.2. The molecule has 0 saturated carbocycles. The third-order valence-electron chi connectivity index (χ3n) is 4.49. The van der Waals surface area contributed by atoms with E-state index < -0.39 is 0 Å². The summed E-state index contributed by atoms with van der Waals surface area (Å²) >= 11 is 7.47. The number of hydrogen-bond donors (Lipinski definition) is 2. The van der Waals surface area contributed by atoms with Gasteiger partial charge in [0.2, 0.25) is 5.91 Å². The average molecular weight is 408 g/mol. The minimum Gasteiger partial charge on any atom is -0.326 e. The van der Waals surface area contributed by atoms with Crippen LogP contribution >= 0.6 is 22.9 Å². The van der Waals surface area contributed by atoms with Crippen LogP contribution in [0, 0.1) is 0 Å². The van der Waals surface area contributed by atoms with E-state index in [0.717, 1.165) is 38.5 Å². The molecule has 0 aliphatic rings. The number of anilines is 1. The lowest BCUT2D eigenvalue weighted by Gasteiger charge is -2.05. The molecule has 138 valence electrons. The Morgan fingerprint density at radius 3 is 2.93 bits per heavy atom. The standard InChI is InChI=1S/C20H14ClN5OS/c21-14-4-1-12(2-5-14)18-10-26-16(11-28-20(26)24-18)8-19(27)23-15-6-3-13-9-22-25-17(13)7-15/h1-7,9-11H,8H2,(H,22,25)(H,23,27). The van der Waals surface area contributed by atoms with E-state index in [-0.39, 0.29) is 12.3 Å². The second-order valence-corrected chi connectivity index (χ2v) is 7.68. The molecule has 5 aromatic rings. The topological polar surface area (TPSA) is 75.1 Å². The number of fused-ring (bicyclic) bond motifs is 2. The fraction of sp³-hybridized carbons (Fsp3) is 0.0500. The molecule has 2 N–H and O–H groups in total. The van der Waals surface area contributed by atoms with Crippen molar-refractivity contribution in [2.24, 2.45) is 0 Å². The molecule has 1 amide bonds. The fourth-order valence-corrected chi connectivity index (χ4v) is 4.10. The molecule has 0 atom stereocenters. The number of carbonyl (C=O) groups excluding carboxylic acids is 1. The predicted octanol–water partition coefficient (Wildman–Crippen LogP) is 4.77. The van der Waals surface area contributed by atoms with Crippen molar-refractivity contribution < 1.29 is 4.79 Å². The van der Waals surface area contributed by atoms with Crippen LogP contribution in [-0.2, 0) is 11.2 Å². The first kappa shape index (κ1) is 17.0. The van der Waals surface area contributed by atoms with Crippen molar-refractivity contribution in [2.75, 3.05) is 5.32 Å². The number of hydrogen-bond acceptors (Lipinski definition) is 4. The van der Waals surface area contributed by atoms with Crippen LogP contribution in [0.4, 0.5) is 5.69 Å². The normalized spacial score (nSPS) is 11.3. The van der Waals surface area contributed by atoms with Gasteiger partial charge < -0.3 is 5.32 Å². The van der Waals surface area contributed by atoms with Crippen molar-refractivity contribution in [3.8, 4) is 11.3 Å². The molecule has 5 rings (SSSR count). The number of halogens is 1.